The van der Waals surface area contributed by atoms with Crippen molar-refractivity contribution in [3.63, 3.8) is 0 Å². The van der Waals surface area contributed by atoms with Gasteiger partial charge < -0.3 is 52.3 Å². The monoisotopic (exact) mass is 1010 g/mol. The normalized spacial score (nSPS) is 23.4. The number of aryl methyl sites for hydroxylation is 2. The van der Waals surface area contributed by atoms with Crippen molar-refractivity contribution in [2.24, 2.45) is 10.8 Å². The van der Waals surface area contributed by atoms with E-state index in [4.69, 9.17) is 0 Å². The molecule has 10 atom stereocenters. The van der Waals surface area contributed by atoms with Gasteiger partial charge in [0.15, 0.2) is 0 Å². The van der Waals surface area contributed by atoms with E-state index in [0.29, 0.717) is 0 Å². The summed E-state index contributed by atoms with van der Waals surface area (Å²) in [5.41, 5.74) is 3.01. The molecule has 4 aliphatic rings. The average molecular weight is 1010 g/mol. The van der Waals surface area contributed by atoms with E-state index in [-0.39, 0.29) is 92.7 Å². The van der Waals surface area contributed by atoms with Gasteiger partial charge >= 0.3 is 0 Å². The lowest BCUT2D eigenvalue weighted by atomic mass is 9.85. The first-order valence-corrected chi connectivity index (χ1v) is 26.4. The summed E-state index contributed by atoms with van der Waals surface area (Å²) in [6.07, 6.45) is 5.58. The molecule has 8 N–H and O–H groups in total. The molecule has 0 aromatic heterocycles. The van der Waals surface area contributed by atoms with E-state index in [0.717, 1.165) is 49.7 Å². The number of likely N-dealkylation sites (N-methyl/N-ethyl adjacent to an activating group) is 2. The highest BCUT2D eigenvalue weighted by Gasteiger charge is 2.48. The van der Waals surface area contributed by atoms with Crippen LogP contribution in [0.25, 0.3) is 0 Å². The second-order valence-electron chi connectivity index (χ2n) is 22.8. The Kier molecular flexibility index (Phi) is 18.9. The predicted molar refractivity (Wildman–Crippen MR) is 278 cm³/mol. The van der Waals surface area contributed by atoms with Crippen molar-refractivity contribution >= 4 is 47.3 Å². The zero-order valence-corrected chi connectivity index (χ0v) is 44.7. The van der Waals surface area contributed by atoms with E-state index in [1.54, 1.807) is 27.9 Å². The van der Waals surface area contributed by atoms with Crippen molar-refractivity contribution in [2.45, 2.75) is 186 Å². The van der Waals surface area contributed by atoms with Crippen LogP contribution in [0.5, 0.6) is 0 Å². The second kappa shape index (κ2) is 24.4. The van der Waals surface area contributed by atoms with Gasteiger partial charge in [-0.1, -0.05) is 90.1 Å². The number of nitrogens with zero attached hydrogens (tertiary/aromatic N) is 2. The molecule has 0 spiro atoms. The molecular weight excluding hydrogens is 929 g/mol. The minimum Gasteiger partial charge on any atom is -0.351 e. The number of benzene rings is 2. The fourth-order valence-corrected chi connectivity index (χ4v) is 10.6. The highest BCUT2D eigenvalue weighted by Crippen LogP contribution is 2.34. The van der Waals surface area contributed by atoms with Gasteiger partial charge in [0.05, 0.1) is 24.2 Å². The molecule has 18 heteroatoms. The van der Waals surface area contributed by atoms with E-state index in [1.807, 2.05) is 77.9 Å². The summed E-state index contributed by atoms with van der Waals surface area (Å²) >= 11 is 0. The van der Waals surface area contributed by atoms with Crippen LogP contribution in [0.15, 0.2) is 48.5 Å². The van der Waals surface area contributed by atoms with Crippen molar-refractivity contribution in [2.75, 3.05) is 27.2 Å². The van der Waals surface area contributed by atoms with Gasteiger partial charge in [0.1, 0.15) is 24.2 Å². The Balaban J connectivity index is 1.11. The quantitative estimate of drug-likeness (QED) is 0.109. The Morgan fingerprint density at radius 2 is 0.932 bits per heavy atom. The molecule has 6 rings (SSSR count). The third kappa shape index (κ3) is 14.2. The van der Waals surface area contributed by atoms with Crippen LogP contribution in [-0.2, 0) is 51.2 Å². The molecule has 2 aromatic rings. The number of hydrogen-bond acceptors (Lipinski definition) is 10. The predicted octanol–water partition coefficient (Wildman–Crippen LogP) is 2.99. The molecule has 2 fully saturated rings. The Hall–Kier alpha value is -5.88. The van der Waals surface area contributed by atoms with Gasteiger partial charge in [-0.3, -0.25) is 38.4 Å². The number of rotatable bonds is 18. The lowest BCUT2D eigenvalue weighted by Gasteiger charge is -2.36. The van der Waals surface area contributed by atoms with Crippen LogP contribution in [0.2, 0.25) is 0 Å². The highest BCUT2D eigenvalue weighted by atomic mass is 16.2. The van der Waals surface area contributed by atoms with E-state index >= 15 is 0 Å². The molecule has 2 heterocycles. The van der Waals surface area contributed by atoms with Gasteiger partial charge in [-0.15, -0.1) is 0 Å². The molecule has 0 saturated carbocycles. The number of amides is 8. The molecule has 8 amide bonds. The number of likely N-dealkylation sites (tertiary alicyclic amines) is 2. The smallest absolute Gasteiger partial charge is 0.246 e. The van der Waals surface area contributed by atoms with E-state index in [2.05, 4.69) is 54.7 Å². The van der Waals surface area contributed by atoms with Gasteiger partial charge in [0.2, 0.25) is 47.3 Å². The van der Waals surface area contributed by atoms with E-state index in [9.17, 15) is 38.4 Å². The topological polar surface area (TPSA) is 239 Å². The van der Waals surface area contributed by atoms with Crippen LogP contribution in [0.1, 0.15) is 148 Å². The molecule has 0 unspecified atom stereocenters. The largest absolute Gasteiger partial charge is 0.351 e. The Morgan fingerprint density at radius 3 is 1.29 bits per heavy atom. The molecule has 18 nitrogen and oxygen atoms in total. The highest BCUT2D eigenvalue weighted by molar-refractivity contribution is 5.95. The molecule has 0 bridgehead atoms. The van der Waals surface area contributed by atoms with Crippen LogP contribution in [0.3, 0.4) is 0 Å². The summed E-state index contributed by atoms with van der Waals surface area (Å²) in [7, 11) is 3.31. The fraction of sp³-hybridized carbons (Fsp3) is 0.636. The van der Waals surface area contributed by atoms with Gasteiger partial charge in [0.25, 0.3) is 0 Å². The van der Waals surface area contributed by atoms with Crippen molar-refractivity contribution in [3.05, 3.63) is 70.8 Å². The molecule has 2 aliphatic heterocycles. The molecule has 400 valence electrons. The first-order chi connectivity index (χ1) is 34.5. The number of carbonyl (C=O) groups is 8. The van der Waals surface area contributed by atoms with Gasteiger partial charge in [-0.05, 0) is 119 Å². The van der Waals surface area contributed by atoms with E-state index < -0.39 is 71.0 Å². The van der Waals surface area contributed by atoms with Crippen molar-refractivity contribution < 1.29 is 38.4 Å². The van der Waals surface area contributed by atoms with Crippen LogP contribution >= 0.6 is 0 Å². The first kappa shape index (κ1) is 56.4. The molecule has 73 heavy (non-hydrogen) atoms. The van der Waals surface area contributed by atoms with Crippen molar-refractivity contribution in [3.8, 4) is 0 Å². The third-order valence-electron chi connectivity index (χ3n) is 15.1. The molecule has 2 aromatic carbocycles. The van der Waals surface area contributed by atoms with Crippen LogP contribution in [0, 0.1) is 10.8 Å². The van der Waals surface area contributed by atoms with Crippen molar-refractivity contribution in [1.29, 1.82) is 0 Å². The second-order valence-corrected chi connectivity index (χ2v) is 22.8. The van der Waals surface area contributed by atoms with Crippen LogP contribution in [-0.4, -0.2) is 133 Å². The Bertz CT molecular complexity index is 2190. The zero-order valence-electron chi connectivity index (χ0n) is 44.7. The maximum absolute atomic E-state index is 14.6. The number of hydrogen-bond donors (Lipinski definition) is 8. The lowest BCUT2D eigenvalue weighted by Crippen LogP contribution is -2.59. The fourth-order valence-electron chi connectivity index (χ4n) is 10.6. The minimum atomic E-state index is -0.966. The average Bonchev–Trinajstić information content (AvgIpc) is 3.98. The number of nitrogens with one attached hydrogen (secondary N) is 8. The Morgan fingerprint density at radius 1 is 0.562 bits per heavy atom. The SMILES string of the molecule is CN[C@@H](C)C(=O)N[C@H](C(=O)N1C[C@@H](NC(=O)CCCC(=O)N[C@H]2C[C@@H](C(=O)N[C@@H]3CCCc4ccccc43)N(C(=O)[C@@H](NC(=O)[C@H](C)NC)C(C)(C)C)C2)C[C@H]1C(=O)N[C@@H]1CCCc2ccccc21)C(C)(C)C. The van der Waals surface area contributed by atoms with Gasteiger partial charge in [0, 0.05) is 38.0 Å². The van der Waals surface area contributed by atoms with Gasteiger partial charge in [-0.25, -0.2) is 0 Å². The van der Waals surface area contributed by atoms with Gasteiger partial charge in [-0.2, -0.15) is 0 Å². The summed E-state index contributed by atoms with van der Waals surface area (Å²) in [5.74, 6) is -2.93. The molecular formula is C55H82N10O8. The number of carbonyl (C=O) groups excluding carboxylic acids is 8. The minimum absolute atomic E-state index is 0.0165. The van der Waals surface area contributed by atoms with E-state index in [1.165, 1.54) is 20.9 Å². The summed E-state index contributed by atoms with van der Waals surface area (Å²) in [6, 6.07) is 9.49. The first-order valence-electron chi connectivity index (χ1n) is 26.4. The maximum Gasteiger partial charge on any atom is 0.246 e. The summed E-state index contributed by atoms with van der Waals surface area (Å²) in [5, 5.41) is 24.1. The summed E-state index contributed by atoms with van der Waals surface area (Å²) in [6.45, 7) is 14.6. The third-order valence-corrected chi connectivity index (χ3v) is 15.1. The molecule has 2 saturated heterocycles. The standard InChI is InChI=1S/C55H82N10O8/c1-32(56-9)48(68)62-46(54(3,4)5)52(72)64-30-36(28-42(64)50(70)60-40-24-15-20-34-18-11-13-22-38(34)40)58-44(66)26-17-27-45(67)59-37-29-43(51(71)61-41-25-16-21-35-19-12-14-23-39(35)41)65(31-37)53(73)47(55(6,7)8)63-49(69)33(2)57-10/h11-14,18-19,22-23,32-33,36-37,40-43,46-47,56-57H,15-17,20-21,24-31H2,1-10H3,(H,58,66)(H,59,67)(H,60,70)(H,61,71)(H,62,68)(H,63,69)/t32-,33-,36-,37-,40+,41+,42-,43-,46+,47+/m0/s1. The lowest BCUT2D eigenvalue weighted by molar-refractivity contribution is -0.144. The van der Waals surface area contributed by atoms with Crippen LogP contribution < -0.4 is 42.5 Å². The van der Waals surface area contributed by atoms with Crippen molar-refractivity contribution in [1.82, 2.24) is 52.3 Å². The Labute approximate surface area is 431 Å². The maximum atomic E-state index is 14.6. The molecule has 2 aliphatic carbocycles. The number of fused-ring (bicyclic) bond motifs is 2. The summed E-state index contributed by atoms with van der Waals surface area (Å²) < 4.78 is 0. The zero-order chi connectivity index (χ0) is 53.4. The van der Waals surface area contributed by atoms with Crippen LogP contribution in [0.4, 0.5) is 0 Å². The molecule has 0 radical (unpaired) electrons. The summed E-state index contributed by atoms with van der Waals surface area (Å²) in [4.78, 5) is 114.